The highest BCUT2D eigenvalue weighted by molar-refractivity contribution is 5.90. The van der Waals surface area contributed by atoms with Crippen molar-refractivity contribution in [3.8, 4) is 11.5 Å². The molecule has 3 nitrogen and oxygen atoms in total. The number of methoxy groups -OCH3 is 2. The number of nitrogens with one attached hydrogen (secondary N) is 1. The molecule has 3 heteroatoms. The van der Waals surface area contributed by atoms with Crippen LogP contribution in [-0.2, 0) is 0 Å². The van der Waals surface area contributed by atoms with E-state index in [0.29, 0.717) is 0 Å². The zero-order chi connectivity index (χ0) is 14.1. The van der Waals surface area contributed by atoms with Gasteiger partial charge in [0.05, 0.1) is 19.9 Å². The molecule has 0 fully saturated rings. The van der Waals surface area contributed by atoms with Crippen molar-refractivity contribution >= 4 is 23.5 Å². The van der Waals surface area contributed by atoms with E-state index in [0.717, 1.165) is 34.0 Å². The third-order valence-corrected chi connectivity index (χ3v) is 3.62. The molecule has 0 radical (unpaired) electrons. The van der Waals surface area contributed by atoms with E-state index in [9.17, 15) is 0 Å². The highest BCUT2D eigenvalue weighted by Crippen LogP contribution is 2.41. The maximum Gasteiger partial charge on any atom is 0.164 e. The molecule has 2 aromatic rings. The lowest BCUT2D eigenvalue weighted by atomic mass is 10.0. The van der Waals surface area contributed by atoms with Crippen molar-refractivity contribution in [2.75, 3.05) is 19.5 Å². The second kappa shape index (κ2) is 4.93. The third-order valence-electron chi connectivity index (χ3n) is 3.62. The summed E-state index contributed by atoms with van der Waals surface area (Å²) in [5.74, 6) is 1.52. The van der Waals surface area contributed by atoms with E-state index >= 15 is 0 Å². The fourth-order valence-electron chi connectivity index (χ4n) is 2.58. The molecular formula is C17H17NO2. The minimum atomic E-state index is 0.740. The van der Waals surface area contributed by atoms with Gasteiger partial charge < -0.3 is 14.8 Å². The SMILES string of the molecule is COc1cc2c(c(C)c1OC)C=Cc1ccccc1N2. The minimum Gasteiger partial charge on any atom is -0.493 e. The molecular weight excluding hydrogens is 250 g/mol. The molecule has 0 amide bonds. The molecule has 0 bridgehead atoms. The van der Waals surface area contributed by atoms with Gasteiger partial charge >= 0.3 is 0 Å². The molecule has 1 aliphatic rings. The Balaban J connectivity index is 2.21. The number of para-hydroxylation sites is 1. The van der Waals surface area contributed by atoms with Gasteiger partial charge in [0.15, 0.2) is 11.5 Å². The Bertz CT molecular complexity index is 690. The van der Waals surface area contributed by atoms with Crippen LogP contribution in [0, 0.1) is 6.92 Å². The topological polar surface area (TPSA) is 30.5 Å². The van der Waals surface area contributed by atoms with E-state index in [1.54, 1.807) is 14.2 Å². The second-order valence-electron chi connectivity index (χ2n) is 4.74. The smallest absolute Gasteiger partial charge is 0.164 e. The van der Waals surface area contributed by atoms with Crippen molar-refractivity contribution in [1.29, 1.82) is 0 Å². The predicted octanol–water partition coefficient (Wildman–Crippen LogP) is 4.24. The molecule has 1 N–H and O–H groups in total. The molecule has 3 rings (SSSR count). The number of anilines is 2. The normalized spacial score (nSPS) is 11.9. The van der Waals surface area contributed by atoms with Crippen LogP contribution in [-0.4, -0.2) is 14.2 Å². The number of hydrogen-bond donors (Lipinski definition) is 1. The first-order valence-electron chi connectivity index (χ1n) is 6.54. The van der Waals surface area contributed by atoms with Crippen LogP contribution >= 0.6 is 0 Å². The Hall–Kier alpha value is -2.42. The lowest BCUT2D eigenvalue weighted by Gasteiger charge is -2.17. The molecule has 0 saturated heterocycles. The van der Waals surface area contributed by atoms with Crippen LogP contribution in [0.15, 0.2) is 30.3 Å². The number of ether oxygens (including phenoxy) is 2. The lowest BCUT2D eigenvalue weighted by Crippen LogP contribution is -2.00. The largest absolute Gasteiger partial charge is 0.493 e. The van der Waals surface area contributed by atoms with Crippen molar-refractivity contribution < 1.29 is 9.47 Å². The first kappa shape index (κ1) is 12.6. The number of hydrogen-bond acceptors (Lipinski definition) is 3. The monoisotopic (exact) mass is 267 g/mol. The zero-order valence-electron chi connectivity index (χ0n) is 11.9. The predicted molar refractivity (Wildman–Crippen MR) is 82.9 cm³/mol. The quantitative estimate of drug-likeness (QED) is 0.753. The van der Waals surface area contributed by atoms with Gasteiger partial charge in [-0.15, -0.1) is 0 Å². The van der Waals surface area contributed by atoms with Gasteiger partial charge in [0, 0.05) is 22.9 Å². The van der Waals surface area contributed by atoms with Crippen LogP contribution in [0.2, 0.25) is 0 Å². The minimum absolute atomic E-state index is 0.740. The standard InChI is InChI=1S/C17H17NO2/c1-11-13-9-8-12-6-4-5-7-14(12)18-15(13)10-16(19-2)17(11)20-3/h4-10,18H,1-3H3. The highest BCUT2D eigenvalue weighted by atomic mass is 16.5. The van der Waals surface area contributed by atoms with Crippen LogP contribution in [0.5, 0.6) is 11.5 Å². The van der Waals surface area contributed by atoms with Gasteiger partial charge in [-0.2, -0.15) is 0 Å². The number of fused-ring (bicyclic) bond motifs is 2. The molecule has 1 aliphatic heterocycles. The summed E-state index contributed by atoms with van der Waals surface area (Å²) in [6, 6.07) is 10.2. The number of benzene rings is 2. The summed E-state index contributed by atoms with van der Waals surface area (Å²) in [7, 11) is 3.32. The van der Waals surface area contributed by atoms with Crippen LogP contribution in [0.4, 0.5) is 11.4 Å². The highest BCUT2D eigenvalue weighted by Gasteiger charge is 2.17. The Labute approximate surface area is 118 Å². The Morgan fingerprint density at radius 2 is 1.75 bits per heavy atom. The van der Waals surface area contributed by atoms with Crippen LogP contribution < -0.4 is 14.8 Å². The second-order valence-corrected chi connectivity index (χ2v) is 4.74. The van der Waals surface area contributed by atoms with E-state index in [1.807, 2.05) is 25.1 Å². The molecule has 102 valence electrons. The van der Waals surface area contributed by atoms with Crippen molar-refractivity contribution in [3.05, 3.63) is 47.0 Å². The molecule has 0 aromatic heterocycles. The maximum atomic E-state index is 5.46. The summed E-state index contributed by atoms with van der Waals surface area (Å²) in [6.07, 6.45) is 4.23. The summed E-state index contributed by atoms with van der Waals surface area (Å²) in [5, 5.41) is 3.47. The fraction of sp³-hybridized carbons (Fsp3) is 0.176. The Morgan fingerprint density at radius 1 is 0.950 bits per heavy atom. The molecule has 0 saturated carbocycles. The Kier molecular flexibility index (Phi) is 3.11. The third kappa shape index (κ3) is 1.92. The van der Waals surface area contributed by atoms with Crippen LogP contribution in [0.1, 0.15) is 16.7 Å². The molecule has 1 heterocycles. The Morgan fingerprint density at radius 3 is 2.50 bits per heavy atom. The lowest BCUT2D eigenvalue weighted by molar-refractivity contribution is 0.353. The van der Waals surface area contributed by atoms with Crippen molar-refractivity contribution in [2.24, 2.45) is 0 Å². The van der Waals surface area contributed by atoms with Crippen molar-refractivity contribution in [2.45, 2.75) is 6.92 Å². The van der Waals surface area contributed by atoms with Gasteiger partial charge in [0.25, 0.3) is 0 Å². The average molecular weight is 267 g/mol. The van der Waals surface area contributed by atoms with E-state index < -0.39 is 0 Å². The van der Waals surface area contributed by atoms with Gasteiger partial charge in [-0.25, -0.2) is 0 Å². The molecule has 0 unspecified atom stereocenters. The van der Waals surface area contributed by atoms with E-state index in [1.165, 1.54) is 5.56 Å². The molecule has 20 heavy (non-hydrogen) atoms. The first-order chi connectivity index (χ1) is 9.74. The van der Waals surface area contributed by atoms with Gasteiger partial charge in [-0.1, -0.05) is 30.4 Å². The molecule has 2 aromatic carbocycles. The fourth-order valence-corrected chi connectivity index (χ4v) is 2.58. The van der Waals surface area contributed by atoms with E-state index in [4.69, 9.17) is 9.47 Å². The number of rotatable bonds is 2. The summed E-state index contributed by atoms with van der Waals surface area (Å²) in [4.78, 5) is 0. The van der Waals surface area contributed by atoms with Crippen molar-refractivity contribution in [1.82, 2.24) is 0 Å². The van der Waals surface area contributed by atoms with Gasteiger partial charge in [0.2, 0.25) is 0 Å². The van der Waals surface area contributed by atoms with E-state index in [2.05, 4.69) is 29.6 Å². The van der Waals surface area contributed by atoms with Gasteiger partial charge in [-0.3, -0.25) is 0 Å². The summed E-state index contributed by atoms with van der Waals surface area (Å²) < 4.78 is 10.9. The molecule has 0 atom stereocenters. The molecule has 0 spiro atoms. The van der Waals surface area contributed by atoms with Gasteiger partial charge in [0.1, 0.15) is 0 Å². The summed E-state index contributed by atoms with van der Waals surface area (Å²) >= 11 is 0. The first-order valence-corrected chi connectivity index (χ1v) is 6.54. The van der Waals surface area contributed by atoms with Crippen LogP contribution in [0.25, 0.3) is 12.2 Å². The summed E-state index contributed by atoms with van der Waals surface area (Å²) in [6.45, 7) is 2.04. The average Bonchev–Trinajstić information content (AvgIpc) is 2.66. The van der Waals surface area contributed by atoms with Gasteiger partial charge in [-0.05, 0) is 18.6 Å². The maximum absolute atomic E-state index is 5.46. The van der Waals surface area contributed by atoms with E-state index in [-0.39, 0.29) is 0 Å². The molecule has 0 aliphatic carbocycles. The zero-order valence-corrected chi connectivity index (χ0v) is 11.9. The van der Waals surface area contributed by atoms with Crippen molar-refractivity contribution in [3.63, 3.8) is 0 Å². The summed E-state index contributed by atoms with van der Waals surface area (Å²) in [5.41, 5.74) is 5.48. The van der Waals surface area contributed by atoms with Crippen LogP contribution in [0.3, 0.4) is 0 Å².